The maximum Gasteiger partial charge on any atom is 0.261 e. The summed E-state index contributed by atoms with van der Waals surface area (Å²) in [5.74, 6) is 0.780. The second-order valence-corrected chi connectivity index (χ2v) is 8.10. The van der Waals surface area contributed by atoms with Gasteiger partial charge in [0, 0.05) is 13.1 Å². The number of Topliss-reactive ketones (excluding diaryl/α,β-unsaturated/α-hetero) is 1. The fourth-order valence-corrected chi connectivity index (χ4v) is 4.39. The number of benzene rings is 2. The molecule has 2 unspecified atom stereocenters. The topological polar surface area (TPSA) is 76.2 Å². The molecule has 0 N–H and O–H groups in total. The molecule has 0 saturated carbocycles. The number of rotatable bonds is 8. The van der Waals surface area contributed by atoms with Crippen LogP contribution in [0.15, 0.2) is 60.7 Å². The van der Waals surface area contributed by atoms with Gasteiger partial charge in [0.1, 0.15) is 24.1 Å². The molecular weight excluding hydrogens is 408 g/mol. The number of hydrogen-bond donors (Lipinski definition) is 0. The van der Waals surface area contributed by atoms with E-state index < -0.39 is 12.1 Å². The fraction of sp³-hybridized carbons (Fsp3) is 0.400. The Bertz CT molecular complexity index is 858. The average molecular weight is 437 g/mol. The van der Waals surface area contributed by atoms with Crippen molar-refractivity contribution in [3.05, 3.63) is 60.7 Å². The number of ketones is 1. The van der Waals surface area contributed by atoms with E-state index in [4.69, 9.17) is 9.47 Å². The first-order chi connectivity index (χ1) is 15.6. The lowest BCUT2D eigenvalue weighted by molar-refractivity contribution is -0.147. The third-order valence-corrected chi connectivity index (χ3v) is 6.00. The molecule has 0 spiro atoms. The predicted octanol–water partition coefficient (Wildman–Crippen LogP) is 2.70. The summed E-state index contributed by atoms with van der Waals surface area (Å²) in [5.41, 5.74) is 0. The van der Waals surface area contributed by atoms with E-state index >= 15 is 0 Å². The zero-order valence-electron chi connectivity index (χ0n) is 18.0. The summed E-state index contributed by atoms with van der Waals surface area (Å²) in [6, 6.07) is 17.3. The molecule has 2 aliphatic rings. The van der Waals surface area contributed by atoms with E-state index in [9.17, 15) is 14.4 Å². The van der Waals surface area contributed by atoms with Gasteiger partial charge in [-0.15, -0.1) is 0 Å². The van der Waals surface area contributed by atoms with Gasteiger partial charge in [0.15, 0.2) is 12.4 Å². The fourth-order valence-electron chi connectivity index (χ4n) is 4.39. The molecule has 4 rings (SSSR count). The van der Waals surface area contributed by atoms with Crippen molar-refractivity contribution < 1.29 is 23.9 Å². The van der Waals surface area contributed by atoms with Gasteiger partial charge in [-0.1, -0.05) is 36.4 Å². The standard InChI is InChI=1S/C25H28N2O5/c28-23(17-31-19-9-3-1-4-10-19)21-13-7-16-27(21)25(30)22-14-8-15-26(22)24(29)18-32-20-11-5-2-6-12-20/h1-6,9-12,21-22H,7-8,13-18H2. The molecule has 0 aliphatic carbocycles. The van der Waals surface area contributed by atoms with Crippen LogP contribution in [0.3, 0.4) is 0 Å². The van der Waals surface area contributed by atoms with E-state index in [0.717, 1.165) is 12.8 Å². The molecule has 2 aromatic carbocycles. The third-order valence-electron chi connectivity index (χ3n) is 6.00. The number of hydrogen-bond acceptors (Lipinski definition) is 5. The van der Waals surface area contributed by atoms with Crippen LogP contribution in [0.25, 0.3) is 0 Å². The molecule has 168 valence electrons. The van der Waals surface area contributed by atoms with Crippen molar-refractivity contribution in [1.82, 2.24) is 9.80 Å². The lowest BCUT2D eigenvalue weighted by Gasteiger charge is -2.31. The van der Waals surface area contributed by atoms with Gasteiger partial charge in [-0.25, -0.2) is 0 Å². The lowest BCUT2D eigenvalue weighted by Crippen LogP contribution is -2.52. The summed E-state index contributed by atoms with van der Waals surface area (Å²) < 4.78 is 11.2. The highest BCUT2D eigenvalue weighted by Crippen LogP contribution is 2.26. The number of carbonyl (C=O) groups is 3. The molecule has 32 heavy (non-hydrogen) atoms. The van der Waals surface area contributed by atoms with Crippen LogP contribution in [0.4, 0.5) is 0 Å². The number of nitrogens with zero attached hydrogens (tertiary/aromatic N) is 2. The SMILES string of the molecule is O=C(COc1ccccc1)C1CCCN1C(=O)C1CCCN1C(=O)COc1ccccc1. The van der Waals surface area contributed by atoms with Crippen LogP contribution in [0.1, 0.15) is 25.7 Å². The van der Waals surface area contributed by atoms with E-state index in [2.05, 4.69) is 0 Å². The molecule has 2 atom stereocenters. The van der Waals surface area contributed by atoms with Gasteiger partial charge in [0.25, 0.3) is 5.91 Å². The molecule has 2 aliphatic heterocycles. The Hall–Kier alpha value is -3.35. The minimum atomic E-state index is -0.537. The molecule has 2 heterocycles. The minimum absolute atomic E-state index is 0.0727. The van der Waals surface area contributed by atoms with Crippen molar-refractivity contribution in [1.29, 1.82) is 0 Å². The first-order valence-corrected chi connectivity index (χ1v) is 11.1. The van der Waals surface area contributed by atoms with Crippen LogP contribution in [0.5, 0.6) is 11.5 Å². The van der Waals surface area contributed by atoms with Crippen molar-refractivity contribution in [2.24, 2.45) is 0 Å². The molecule has 2 aromatic rings. The Morgan fingerprint density at radius 1 is 0.719 bits per heavy atom. The van der Waals surface area contributed by atoms with Crippen molar-refractivity contribution >= 4 is 17.6 Å². The Morgan fingerprint density at radius 2 is 1.25 bits per heavy atom. The first-order valence-electron chi connectivity index (χ1n) is 11.1. The van der Waals surface area contributed by atoms with Crippen molar-refractivity contribution in [2.45, 2.75) is 37.8 Å². The Balaban J connectivity index is 1.35. The van der Waals surface area contributed by atoms with Crippen LogP contribution in [-0.2, 0) is 14.4 Å². The number of para-hydroxylation sites is 2. The second kappa shape index (κ2) is 10.3. The van der Waals surface area contributed by atoms with Crippen molar-refractivity contribution in [2.75, 3.05) is 26.3 Å². The summed E-state index contributed by atoms with van der Waals surface area (Å²) >= 11 is 0. The lowest BCUT2D eigenvalue weighted by atomic mass is 10.1. The molecule has 2 amide bonds. The zero-order valence-corrected chi connectivity index (χ0v) is 18.0. The van der Waals surface area contributed by atoms with Gasteiger partial charge in [0.2, 0.25) is 5.91 Å². The van der Waals surface area contributed by atoms with Crippen LogP contribution >= 0.6 is 0 Å². The number of carbonyl (C=O) groups excluding carboxylic acids is 3. The summed E-state index contributed by atoms with van der Waals surface area (Å²) in [4.78, 5) is 42.1. The van der Waals surface area contributed by atoms with E-state index in [1.807, 2.05) is 36.4 Å². The smallest absolute Gasteiger partial charge is 0.261 e. The molecule has 7 heteroatoms. The summed E-state index contributed by atoms with van der Waals surface area (Å²) in [6.07, 6.45) is 2.76. The highest BCUT2D eigenvalue weighted by molar-refractivity contribution is 5.94. The summed E-state index contributed by atoms with van der Waals surface area (Å²) in [7, 11) is 0. The molecule has 2 saturated heterocycles. The number of likely N-dealkylation sites (tertiary alicyclic amines) is 2. The van der Waals surface area contributed by atoms with Crippen molar-refractivity contribution in [3.8, 4) is 11.5 Å². The normalized spacial score (nSPS) is 20.2. The van der Waals surface area contributed by atoms with E-state index in [1.54, 1.807) is 34.1 Å². The third kappa shape index (κ3) is 5.10. The van der Waals surface area contributed by atoms with Gasteiger partial charge in [-0.2, -0.15) is 0 Å². The van der Waals surface area contributed by atoms with Crippen LogP contribution < -0.4 is 9.47 Å². The predicted molar refractivity (Wildman–Crippen MR) is 118 cm³/mol. The highest BCUT2D eigenvalue weighted by Gasteiger charge is 2.42. The number of ether oxygens (including phenoxy) is 2. The maximum atomic E-state index is 13.3. The Labute approximate surface area is 187 Å². The average Bonchev–Trinajstić information content (AvgIpc) is 3.52. The van der Waals surface area contributed by atoms with Gasteiger partial charge >= 0.3 is 0 Å². The van der Waals surface area contributed by atoms with E-state index in [0.29, 0.717) is 37.4 Å². The summed E-state index contributed by atoms with van der Waals surface area (Å²) in [5, 5.41) is 0. The van der Waals surface area contributed by atoms with Gasteiger partial charge < -0.3 is 19.3 Å². The molecular formula is C25H28N2O5. The Kier molecular flexibility index (Phi) is 7.04. The monoisotopic (exact) mass is 436 g/mol. The molecule has 2 fully saturated rings. The van der Waals surface area contributed by atoms with Crippen molar-refractivity contribution in [3.63, 3.8) is 0 Å². The van der Waals surface area contributed by atoms with Crippen LogP contribution in [0.2, 0.25) is 0 Å². The van der Waals surface area contributed by atoms with Gasteiger partial charge in [0.05, 0.1) is 6.04 Å². The minimum Gasteiger partial charge on any atom is -0.486 e. The molecule has 7 nitrogen and oxygen atoms in total. The molecule has 0 aromatic heterocycles. The first kappa shape index (κ1) is 21.9. The largest absolute Gasteiger partial charge is 0.486 e. The molecule has 0 bridgehead atoms. The van der Waals surface area contributed by atoms with Crippen LogP contribution in [0, 0.1) is 0 Å². The second-order valence-electron chi connectivity index (χ2n) is 8.10. The van der Waals surface area contributed by atoms with E-state index in [-0.39, 0.29) is 30.8 Å². The van der Waals surface area contributed by atoms with Crippen LogP contribution in [-0.4, -0.2) is 65.8 Å². The quantitative estimate of drug-likeness (QED) is 0.636. The Morgan fingerprint density at radius 3 is 1.88 bits per heavy atom. The maximum absolute atomic E-state index is 13.3. The highest BCUT2D eigenvalue weighted by atomic mass is 16.5. The molecule has 0 radical (unpaired) electrons. The van der Waals surface area contributed by atoms with Gasteiger partial charge in [-0.3, -0.25) is 14.4 Å². The van der Waals surface area contributed by atoms with Gasteiger partial charge in [-0.05, 0) is 49.9 Å². The van der Waals surface area contributed by atoms with E-state index in [1.165, 1.54) is 0 Å². The summed E-state index contributed by atoms with van der Waals surface area (Å²) in [6.45, 7) is 0.869. The number of amides is 2. The zero-order chi connectivity index (χ0) is 22.3.